The summed E-state index contributed by atoms with van der Waals surface area (Å²) >= 11 is 0. The number of alkyl halides is 1. The highest BCUT2D eigenvalue weighted by Crippen LogP contribution is 2.46. The summed E-state index contributed by atoms with van der Waals surface area (Å²) in [6, 6.07) is 0. The van der Waals surface area contributed by atoms with E-state index >= 15 is 0 Å². The Bertz CT molecular complexity index is 457. The molecule has 6 nitrogen and oxygen atoms in total. The summed E-state index contributed by atoms with van der Waals surface area (Å²) < 4.78 is 48.4. The topological polar surface area (TPSA) is 101 Å². The molecule has 8 heteroatoms. The van der Waals surface area contributed by atoms with Gasteiger partial charge in [-0.15, -0.1) is 0 Å². The molecule has 2 N–H and O–H groups in total. The number of hydrogen-bond acceptors (Lipinski definition) is 5. The van der Waals surface area contributed by atoms with Gasteiger partial charge in [0, 0.05) is 0 Å². The molecule has 2 aliphatic rings. The molecule has 0 amide bonds. The first-order valence-electron chi connectivity index (χ1n) is 5.69. The van der Waals surface area contributed by atoms with Gasteiger partial charge in [-0.05, 0) is 38.0 Å². The van der Waals surface area contributed by atoms with E-state index in [0.717, 1.165) is 12.8 Å². The molecule has 18 heavy (non-hydrogen) atoms. The van der Waals surface area contributed by atoms with Gasteiger partial charge in [-0.2, -0.15) is 8.42 Å². The van der Waals surface area contributed by atoms with Gasteiger partial charge in [-0.1, -0.05) is 0 Å². The van der Waals surface area contributed by atoms with Gasteiger partial charge in [-0.3, -0.25) is 4.55 Å². The number of aliphatic hydroxyl groups is 1. The number of esters is 1. The van der Waals surface area contributed by atoms with Gasteiger partial charge in [0.2, 0.25) is 0 Å². The van der Waals surface area contributed by atoms with Crippen molar-refractivity contribution in [3.8, 4) is 0 Å². The molecule has 2 aliphatic carbocycles. The van der Waals surface area contributed by atoms with Crippen molar-refractivity contribution in [3.05, 3.63) is 0 Å². The Morgan fingerprint density at radius 1 is 1.39 bits per heavy atom. The summed E-state index contributed by atoms with van der Waals surface area (Å²) in [5, 5.41) is 6.28. The van der Waals surface area contributed by atoms with Crippen LogP contribution >= 0.6 is 0 Å². The third-order valence-corrected chi connectivity index (χ3v) is 5.03. The molecule has 0 aliphatic heterocycles. The molecule has 2 bridgehead atoms. The highest BCUT2D eigenvalue weighted by molar-refractivity contribution is 7.87. The van der Waals surface area contributed by atoms with Crippen LogP contribution in [0.15, 0.2) is 0 Å². The van der Waals surface area contributed by atoms with Crippen molar-refractivity contribution in [1.82, 2.24) is 0 Å². The Kier molecular flexibility index (Phi) is 3.15. The lowest BCUT2D eigenvalue weighted by atomic mass is 9.95. The zero-order valence-electron chi connectivity index (χ0n) is 9.74. The van der Waals surface area contributed by atoms with Crippen LogP contribution in [0.4, 0.5) is 4.39 Å². The molecular weight excluding hydrogens is 267 g/mol. The van der Waals surface area contributed by atoms with Crippen LogP contribution in [0, 0.1) is 11.8 Å². The molecule has 0 aromatic heterocycles. The second kappa shape index (κ2) is 4.14. The van der Waals surface area contributed by atoms with Gasteiger partial charge in [0.05, 0.1) is 6.10 Å². The maximum Gasteiger partial charge on any atom is 0.362 e. The van der Waals surface area contributed by atoms with Crippen molar-refractivity contribution < 1.29 is 32.0 Å². The van der Waals surface area contributed by atoms with Crippen LogP contribution < -0.4 is 0 Å². The van der Waals surface area contributed by atoms with Gasteiger partial charge in [0.1, 0.15) is 6.10 Å². The first kappa shape index (κ1) is 13.7. The van der Waals surface area contributed by atoms with Gasteiger partial charge in [0.15, 0.2) is 0 Å². The van der Waals surface area contributed by atoms with Crippen LogP contribution in [0.5, 0.6) is 0 Å². The highest BCUT2D eigenvalue weighted by atomic mass is 32.2. The van der Waals surface area contributed by atoms with Gasteiger partial charge < -0.3 is 9.84 Å². The van der Waals surface area contributed by atoms with Crippen molar-refractivity contribution in [2.24, 2.45) is 11.8 Å². The molecule has 0 aromatic carbocycles. The Hall–Kier alpha value is -0.730. The lowest BCUT2D eigenvalue weighted by Gasteiger charge is -2.28. The summed E-state index contributed by atoms with van der Waals surface area (Å²) in [7, 11) is -5.20. The molecule has 0 aromatic rings. The van der Waals surface area contributed by atoms with Gasteiger partial charge >= 0.3 is 21.1 Å². The Balaban J connectivity index is 2.09. The van der Waals surface area contributed by atoms with Crippen molar-refractivity contribution in [1.29, 1.82) is 0 Å². The first-order chi connectivity index (χ1) is 8.14. The number of carbonyl (C=O) groups excluding carboxylic acids is 1. The van der Waals surface area contributed by atoms with E-state index in [1.807, 2.05) is 0 Å². The largest absolute Gasteiger partial charge is 0.456 e. The van der Waals surface area contributed by atoms with E-state index in [0.29, 0.717) is 13.3 Å². The van der Waals surface area contributed by atoms with E-state index in [-0.39, 0.29) is 11.8 Å². The second-order valence-electron chi connectivity index (χ2n) is 5.09. The summed E-state index contributed by atoms with van der Waals surface area (Å²) in [5.74, 6) is -1.72. The summed E-state index contributed by atoms with van der Waals surface area (Å²) in [5.41, 5.74) is 0. The lowest BCUT2D eigenvalue weighted by molar-refractivity contribution is -0.166. The summed E-state index contributed by atoms with van der Waals surface area (Å²) in [6.45, 7) is 0.421. The first-order valence-corrected chi connectivity index (χ1v) is 7.13. The quantitative estimate of drug-likeness (QED) is 0.569. The standard InChI is InChI=1S/C10H15FO6S/c1-10(11,18(14,15)16)9(13)17-8-6-3-2-5(4-6)7(8)12/h5-8,12H,2-4H2,1H3,(H,14,15,16). The predicted molar refractivity (Wildman–Crippen MR) is 57.8 cm³/mol. The number of ether oxygens (including phenoxy) is 1. The minimum Gasteiger partial charge on any atom is -0.456 e. The van der Waals surface area contributed by atoms with Crippen LogP contribution in [0.3, 0.4) is 0 Å². The zero-order valence-corrected chi connectivity index (χ0v) is 10.6. The number of halogens is 1. The van der Waals surface area contributed by atoms with Crippen molar-refractivity contribution >= 4 is 16.1 Å². The maximum absolute atomic E-state index is 13.6. The molecule has 0 radical (unpaired) electrons. The van der Waals surface area contributed by atoms with Crippen LogP contribution in [0.25, 0.3) is 0 Å². The van der Waals surface area contributed by atoms with Crippen LogP contribution in [-0.2, 0) is 19.6 Å². The van der Waals surface area contributed by atoms with Crippen LogP contribution in [-0.4, -0.2) is 41.3 Å². The molecule has 5 atom stereocenters. The summed E-state index contributed by atoms with van der Waals surface area (Å²) in [6.07, 6.45) is 0.506. The second-order valence-corrected chi connectivity index (χ2v) is 6.80. The SMILES string of the molecule is CC(F)(C(=O)OC1C2CCC(C2)C1O)S(=O)(=O)O. The highest BCUT2D eigenvalue weighted by Gasteiger charge is 2.54. The van der Waals surface area contributed by atoms with E-state index in [4.69, 9.17) is 9.29 Å². The van der Waals surface area contributed by atoms with E-state index in [1.165, 1.54) is 0 Å². The minimum absolute atomic E-state index is 0.0180. The number of carbonyl (C=O) groups is 1. The van der Waals surface area contributed by atoms with Gasteiger partial charge in [0.25, 0.3) is 0 Å². The molecule has 0 saturated heterocycles. The maximum atomic E-state index is 13.6. The van der Waals surface area contributed by atoms with E-state index in [1.54, 1.807) is 0 Å². The molecule has 0 spiro atoms. The van der Waals surface area contributed by atoms with Gasteiger partial charge in [-0.25, -0.2) is 9.18 Å². The van der Waals surface area contributed by atoms with E-state index < -0.39 is 33.3 Å². The number of hydrogen-bond donors (Lipinski definition) is 2. The minimum atomic E-state index is -5.20. The Labute approximate surface area is 104 Å². The smallest absolute Gasteiger partial charge is 0.362 e. The number of fused-ring (bicyclic) bond motifs is 2. The third-order valence-electron chi connectivity index (χ3n) is 3.89. The Morgan fingerprint density at radius 2 is 1.94 bits per heavy atom. The molecule has 2 rings (SSSR count). The fourth-order valence-electron chi connectivity index (χ4n) is 2.71. The van der Waals surface area contributed by atoms with Crippen molar-refractivity contribution in [2.75, 3.05) is 0 Å². The monoisotopic (exact) mass is 282 g/mol. The fraction of sp³-hybridized carbons (Fsp3) is 0.900. The third kappa shape index (κ3) is 2.02. The molecule has 5 unspecified atom stereocenters. The van der Waals surface area contributed by atoms with Crippen molar-refractivity contribution in [2.45, 2.75) is 43.4 Å². The molecule has 2 fully saturated rings. The zero-order chi connectivity index (χ0) is 13.7. The average molecular weight is 282 g/mol. The summed E-state index contributed by atoms with van der Waals surface area (Å²) in [4.78, 5) is 11.4. The Morgan fingerprint density at radius 3 is 2.39 bits per heavy atom. The number of rotatable bonds is 3. The predicted octanol–water partition coefficient (Wildman–Crippen LogP) is 0.262. The molecule has 2 saturated carbocycles. The number of aliphatic hydroxyl groups excluding tert-OH is 1. The normalized spacial score (nSPS) is 38.4. The van der Waals surface area contributed by atoms with Crippen LogP contribution in [0.1, 0.15) is 26.2 Å². The molecule has 104 valence electrons. The fourth-order valence-corrected chi connectivity index (χ4v) is 2.97. The lowest BCUT2D eigenvalue weighted by Crippen LogP contribution is -2.45. The molecule has 0 heterocycles. The molecular formula is C10H15FO6S. The van der Waals surface area contributed by atoms with E-state index in [2.05, 4.69) is 0 Å². The van der Waals surface area contributed by atoms with E-state index in [9.17, 15) is 22.7 Å². The van der Waals surface area contributed by atoms with Crippen LogP contribution in [0.2, 0.25) is 0 Å². The van der Waals surface area contributed by atoms with Crippen molar-refractivity contribution in [3.63, 3.8) is 0 Å². The average Bonchev–Trinajstić information content (AvgIpc) is 2.80.